The molecule has 2 heterocycles. The van der Waals surface area contributed by atoms with E-state index < -0.39 is 0 Å². The minimum atomic E-state index is -0.00163. The number of fused-ring (bicyclic) bond motifs is 1. The Kier molecular flexibility index (Phi) is 4.68. The van der Waals surface area contributed by atoms with Crippen molar-refractivity contribution in [1.82, 2.24) is 14.4 Å². The average Bonchev–Trinajstić information content (AvgIpc) is 3.47. The third-order valence-electron chi connectivity index (χ3n) is 5.62. The van der Waals surface area contributed by atoms with Gasteiger partial charge in [-0.3, -0.25) is 9.59 Å². The van der Waals surface area contributed by atoms with Crippen LogP contribution in [0.15, 0.2) is 24.4 Å². The van der Waals surface area contributed by atoms with Gasteiger partial charge < -0.3 is 19.1 Å². The number of amides is 2. The van der Waals surface area contributed by atoms with Crippen LogP contribution in [0, 0.1) is 5.92 Å². The lowest BCUT2D eigenvalue weighted by atomic mass is 10.0. The molecule has 1 aliphatic heterocycles. The summed E-state index contributed by atoms with van der Waals surface area (Å²) in [6.45, 7) is 1.87. The van der Waals surface area contributed by atoms with E-state index in [9.17, 15) is 9.59 Å². The molecule has 1 atom stereocenters. The maximum Gasteiger partial charge on any atom is 0.253 e. The summed E-state index contributed by atoms with van der Waals surface area (Å²) < 4.78 is 7.77. The second kappa shape index (κ2) is 7.00. The van der Waals surface area contributed by atoms with E-state index in [4.69, 9.17) is 4.74 Å². The summed E-state index contributed by atoms with van der Waals surface area (Å²) in [6.07, 6.45) is 4.90. The number of hydrogen-bond acceptors (Lipinski definition) is 3. The Bertz CT molecular complexity index is 882. The minimum absolute atomic E-state index is 0.00163. The molecule has 1 aromatic carbocycles. The van der Waals surface area contributed by atoms with E-state index in [-0.39, 0.29) is 23.8 Å². The second-order valence-corrected chi connectivity index (χ2v) is 7.94. The first-order valence-corrected chi connectivity index (χ1v) is 9.63. The average molecular weight is 369 g/mol. The normalized spacial score (nSPS) is 20.1. The first-order valence-electron chi connectivity index (χ1n) is 9.63. The molecule has 6 nitrogen and oxygen atoms in total. The van der Waals surface area contributed by atoms with Gasteiger partial charge in [0.25, 0.3) is 5.91 Å². The number of ether oxygens (including phenoxy) is 1. The van der Waals surface area contributed by atoms with E-state index in [0.29, 0.717) is 25.3 Å². The molecule has 2 aliphatic rings. The fourth-order valence-electron chi connectivity index (χ4n) is 3.96. The van der Waals surface area contributed by atoms with Crippen LogP contribution in [0.3, 0.4) is 0 Å². The number of hydrogen-bond donors (Lipinski definition) is 0. The maximum atomic E-state index is 12.7. The summed E-state index contributed by atoms with van der Waals surface area (Å²) in [5, 5.41) is 1.08. The standard InChI is InChI=1S/C21H27N3O3/c1-22(2)20(25)15-6-7-19-18(11-15)16(12-23(19)3)10-17-13-27-9-8-24(17)21(26)14-4-5-14/h6-7,11-12,14,17H,4-5,8-10,13H2,1-3H3/t17-/m0/s1. The molecular formula is C21H27N3O3. The van der Waals surface area contributed by atoms with Crippen molar-refractivity contribution >= 4 is 22.7 Å². The lowest BCUT2D eigenvalue weighted by molar-refractivity contribution is -0.141. The Morgan fingerprint density at radius 2 is 2.04 bits per heavy atom. The molecule has 1 saturated heterocycles. The van der Waals surface area contributed by atoms with Gasteiger partial charge >= 0.3 is 0 Å². The van der Waals surface area contributed by atoms with Crippen LogP contribution in [-0.2, 0) is 23.0 Å². The molecule has 6 heteroatoms. The highest BCUT2D eigenvalue weighted by Gasteiger charge is 2.37. The highest BCUT2D eigenvalue weighted by Crippen LogP contribution is 2.33. The third kappa shape index (κ3) is 3.46. The largest absolute Gasteiger partial charge is 0.377 e. The second-order valence-electron chi connectivity index (χ2n) is 7.94. The number of carbonyl (C=O) groups excluding carboxylic acids is 2. The summed E-state index contributed by atoms with van der Waals surface area (Å²) in [7, 11) is 5.54. The Morgan fingerprint density at radius 1 is 1.26 bits per heavy atom. The zero-order valence-corrected chi connectivity index (χ0v) is 16.3. The highest BCUT2D eigenvalue weighted by molar-refractivity contribution is 5.98. The minimum Gasteiger partial charge on any atom is -0.377 e. The highest BCUT2D eigenvalue weighted by atomic mass is 16.5. The molecule has 2 fully saturated rings. The van der Waals surface area contributed by atoms with Crippen molar-refractivity contribution < 1.29 is 14.3 Å². The molecule has 144 valence electrons. The van der Waals surface area contributed by atoms with E-state index in [1.165, 1.54) is 0 Å². The Labute approximate surface area is 159 Å². The van der Waals surface area contributed by atoms with Gasteiger partial charge in [-0.1, -0.05) is 0 Å². The molecule has 0 N–H and O–H groups in total. The molecule has 0 radical (unpaired) electrons. The number of nitrogens with zero attached hydrogens (tertiary/aromatic N) is 3. The Morgan fingerprint density at radius 3 is 2.74 bits per heavy atom. The number of carbonyl (C=O) groups is 2. The topological polar surface area (TPSA) is 54.8 Å². The predicted molar refractivity (Wildman–Crippen MR) is 104 cm³/mol. The molecule has 0 unspecified atom stereocenters. The zero-order chi connectivity index (χ0) is 19.1. The van der Waals surface area contributed by atoms with Crippen LogP contribution in [0.5, 0.6) is 0 Å². The molecule has 4 rings (SSSR count). The number of rotatable bonds is 4. The van der Waals surface area contributed by atoms with Gasteiger partial charge in [0, 0.05) is 56.3 Å². The van der Waals surface area contributed by atoms with E-state index in [1.807, 2.05) is 30.1 Å². The van der Waals surface area contributed by atoms with Crippen molar-refractivity contribution in [1.29, 1.82) is 0 Å². The monoisotopic (exact) mass is 369 g/mol. The molecule has 0 bridgehead atoms. The number of morpholine rings is 1. The summed E-state index contributed by atoms with van der Waals surface area (Å²) >= 11 is 0. The smallest absolute Gasteiger partial charge is 0.253 e. The van der Waals surface area contributed by atoms with Gasteiger partial charge in [0.05, 0.1) is 19.3 Å². The number of aryl methyl sites for hydroxylation is 1. The van der Waals surface area contributed by atoms with Crippen molar-refractivity contribution in [3.8, 4) is 0 Å². The summed E-state index contributed by atoms with van der Waals surface area (Å²) in [4.78, 5) is 28.6. The third-order valence-corrected chi connectivity index (χ3v) is 5.62. The van der Waals surface area contributed by atoms with Crippen molar-refractivity contribution in [3.63, 3.8) is 0 Å². The summed E-state index contributed by atoms with van der Waals surface area (Å²) in [6, 6.07) is 5.91. The van der Waals surface area contributed by atoms with Crippen LogP contribution in [0.2, 0.25) is 0 Å². The van der Waals surface area contributed by atoms with Crippen LogP contribution >= 0.6 is 0 Å². The molecule has 0 spiro atoms. The first kappa shape index (κ1) is 18.0. The lowest BCUT2D eigenvalue weighted by Gasteiger charge is -2.36. The fourth-order valence-corrected chi connectivity index (χ4v) is 3.96. The van der Waals surface area contributed by atoms with Crippen molar-refractivity contribution in [3.05, 3.63) is 35.5 Å². The Balaban J connectivity index is 1.64. The van der Waals surface area contributed by atoms with Crippen molar-refractivity contribution in [2.75, 3.05) is 33.9 Å². The van der Waals surface area contributed by atoms with Gasteiger partial charge in [-0.05, 0) is 43.0 Å². The molecule has 2 amide bonds. The molecule has 1 aliphatic carbocycles. The molecule has 2 aromatic rings. The van der Waals surface area contributed by atoms with E-state index in [0.717, 1.165) is 35.7 Å². The number of aromatic nitrogens is 1. The summed E-state index contributed by atoms with van der Waals surface area (Å²) in [5.74, 6) is 0.507. The molecule has 1 aromatic heterocycles. The van der Waals surface area contributed by atoms with Gasteiger partial charge in [-0.15, -0.1) is 0 Å². The van der Waals surface area contributed by atoms with E-state index in [2.05, 4.69) is 10.8 Å². The van der Waals surface area contributed by atoms with Gasteiger partial charge in [0.1, 0.15) is 0 Å². The van der Waals surface area contributed by atoms with Crippen LogP contribution in [0.4, 0.5) is 0 Å². The van der Waals surface area contributed by atoms with Gasteiger partial charge in [0.15, 0.2) is 0 Å². The van der Waals surface area contributed by atoms with E-state index >= 15 is 0 Å². The van der Waals surface area contributed by atoms with Gasteiger partial charge in [0.2, 0.25) is 5.91 Å². The molecule has 1 saturated carbocycles. The maximum absolute atomic E-state index is 12.7. The van der Waals surface area contributed by atoms with E-state index in [1.54, 1.807) is 19.0 Å². The van der Waals surface area contributed by atoms with Gasteiger partial charge in [-0.25, -0.2) is 0 Å². The van der Waals surface area contributed by atoms with Crippen LogP contribution < -0.4 is 0 Å². The predicted octanol–water partition coefficient (Wildman–Crippen LogP) is 2.06. The van der Waals surface area contributed by atoms with Crippen molar-refractivity contribution in [2.45, 2.75) is 25.3 Å². The van der Waals surface area contributed by atoms with Gasteiger partial charge in [-0.2, -0.15) is 0 Å². The van der Waals surface area contributed by atoms with Crippen LogP contribution in [0.25, 0.3) is 10.9 Å². The van der Waals surface area contributed by atoms with Crippen molar-refractivity contribution in [2.24, 2.45) is 13.0 Å². The zero-order valence-electron chi connectivity index (χ0n) is 16.3. The SMILES string of the molecule is CN(C)C(=O)c1ccc2c(c1)c(C[C@H]1COCCN1C(=O)C1CC1)cn2C. The van der Waals surface area contributed by atoms with Crippen LogP contribution in [0.1, 0.15) is 28.8 Å². The summed E-state index contributed by atoms with van der Waals surface area (Å²) in [5.41, 5.74) is 2.94. The number of benzene rings is 1. The molecule has 27 heavy (non-hydrogen) atoms. The first-order chi connectivity index (χ1) is 13.0. The Hall–Kier alpha value is -2.34. The molecular weight excluding hydrogens is 342 g/mol. The fraction of sp³-hybridized carbons (Fsp3) is 0.524. The quantitative estimate of drug-likeness (QED) is 0.829. The lowest BCUT2D eigenvalue weighted by Crippen LogP contribution is -2.50. The van der Waals surface area contributed by atoms with Crippen LogP contribution in [-0.4, -0.2) is 66.1 Å².